The van der Waals surface area contributed by atoms with Crippen LogP contribution in [0.4, 0.5) is 5.69 Å². The summed E-state index contributed by atoms with van der Waals surface area (Å²) in [6.45, 7) is 6.11. The highest BCUT2D eigenvalue weighted by Crippen LogP contribution is 2.37. The van der Waals surface area contributed by atoms with E-state index in [9.17, 15) is 9.90 Å². The monoisotopic (exact) mass is 315 g/mol. The topological polar surface area (TPSA) is 77.8 Å². The van der Waals surface area contributed by atoms with Gasteiger partial charge in [0.05, 0.1) is 5.52 Å². The molecule has 2 N–H and O–H groups in total. The summed E-state index contributed by atoms with van der Waals surface area (Å²) in [7, 11) is 0. The maximum absolute atomic E-state index is 11.8. The van der Waals surface area contributed by atoms with Crippen LogP contribution in [0.15, 0.2) is 22.4 Å². The number of unbranched alkanes of at least 4 members (excludes halogenated alkanes) is 4. The molecule has 0 aliphatic heterocycles. The van der Waals surface area contributed by atoms with Gasteiger partial charge in [0.1, 0.15) is 0 Å². The number of amides is 1. The van der Waals surface area contributed by atoms with Gasteiger partial charge in [0.15, 0.2) is 5.69 Å². The van der Waals surface area contributed by atoms with Gasteiger partial charge in [-0.1, -0.05) is 44.2 Å². The summed E-state index contributed by atoms with van der Waals surface area (Å²) in [4.78, 5) is 14.7. The lowest BCUT2D eigenvalue weighted by molar-refractivity contribution is -0.118. The Morgan fingerprint density at radius 3 is 2.65 bits per heavy atom. The van der Waals surface area contributed by atoms with Gasteiger partial charge in [0.25, 0.3) is 5.91 Å². The SMILES string of the molecule is CCCCCCCC(=O)N=Nc1c(O)[nH]c2c(C)cc(C)cc12. The molecular formula is C18H25N3O2. The molecule has 0 saturated carbocycles. The molecule has 0 atom stereocenters. The number of rotatable bonds is 7. The van der Waals surface area contributed by atoms with Crippen molar-refractivity contribution in [3.63, 3.8) is 0 Å². The zero-order chi connectivity index (χ0) is 16.8. The zero-order valence-electron chi connectivity index (χ0n) is 14.1. The van der Waals surface area contributed by atoms with Gasteiger partial charge in [0, 0.05) is 11.8 Å². The smallest absolute Gasteiger partial charge is 0.264 e. The molecule has 0 spiro atoms. The van der Waals surface area contributed by atoms with Crippen molar-refractivity contribution in [1.29, 1.82) is 0 Å². The first-order chi connectivity index (χ1) is 11.0. The summed E-state index contributed by atoms with van der Waals surface area (Å²) < 4.78 is 0. The van der Waals surface area contributed by atoms with Crippen molar-refractivity contribution in [3.8, 4) is 5.88 Å². The minimum absolute atomic E-state index is 0.0480. The first kappa shape index (κ1) is 17.2. The average Bonchev–Trinajstić information content (AvgIpc) is 2.81. The third-order valence-electron chi connectivity index (χ3n) is 3.96. The van der Waals surface area contributed by atoms with E-state index in [4.69, 9.17) is 0 Å². The van der Waals surface area contributed by atoms with E-state index in [2.05, 4.69) is 22.1 Å². The second-order valence-electron chi connectivity index (χ2n) is 6.08. The number of aromatic hydroxyl groups is 1. The molecule has 0 unspecified atom stereocenters. The molecule has 5 nitrogen and oxygen atoms in total. The molecule has 0 aliphatic rings. The van der Waals surface area contributed by atoms with E-state index in [0.29, 0.717) is 12.1 Å². The first-order valence-corrected chi connectivity index (χ1v) is 8.29. The van der Waals surface area contributed by atoms with E-state index in [0.717, 1.165) is 41.3 Å². The van der Waals surface area contributed by atoms with Crippen molar-refractivity contribution < 1.29 is 9.90 Å². The Kier molecular flexibility index (Phi) is 5.90. The maximum Gasteiger partial charge on any atom is 0.264 e. The van der Waals surface area contributed by atoms with Gasteiger partial charge in [0.2, 0.25) is 5.88 Å². The van der Waals surface area contributed by atoms with Crippen LogP contribution < -0.4 is 0 Å². The maximum atomic E-state index is 11.8. The number of H-pyrrole nitrogens is 1. The van der Waals surface area contributed by atoms with Crippen molar-refractivity contribution >= 4 is 22.5 Å². The van der Waals surface area contributed by atoms with Crippen molar-refractivity contribution in [3.05, 3.63) is 23.3 Å². The number of aromatic nitrogens is 1. The van der Waals surface area contributed by atoms with Gasteiger partial charge in [-0.15, -0.1) is 10.2 Å². The molecular weight excluding hydrogens is 290 g/mol. The number of hydrogen-bond donors (Lipinski definition) is 2. The number of nitrogens with zero attached hydrogens (tertiary/aromatic N) is 2. The Labute approximate surface area is 136 Å². The number of nitrogens with one attached hydrogen (secondary N) is 1. The molecule has 0 radical (unpaired) electrons. The highest BCUT2D eigenvalue weighted by atomic mass is 16.3. The Morgan fingerprint density at radius 1 is 1.17 bits per heavy atom. The third kappa shape index (κ3) is 4.41. The fourth-order valence-corrected chi connectivity index (χ4v) is 2.76. The van der Waals surface area contributed by atoms with E-state index >= 15 is 0 Å². The van der Waals surface area contributed by atoms with E-state index in [-0.39, 0.29) is 11.8 Å². The molecule has 23 heavy (non-hydrogen) atoms. The normalized spacial score (nSPS) is 11.6. The summed E-state index contributed by atoms with van der Waals surface area (Å²) in [5.74, 6) is -0.284. The number of aromatic amines is 1. The lowest BCUT2D eigenvalue weighted by Gasteiger charge is -1.99. The second-order valence-corrected chi connectivity index (χ2v) is 6.08. The van der Waals surface area contributed by atoms with Crippen LogP contribution in [-0.4, -0.2) is 16.0 Å². The number of fused-ring (bicyclic) bond motifs is 1. The fraction of sp³-hybridized carbons (Fsp3) is 0.500. The Morgan fingerprint density at radius 2 is 1.91 bits per heavy atom. The van der Waals surface area contributed by atoms with E-state index < -0.39 is 0 Å². The van der Waals surface area contributed by atoms with Crippen LogP contribution >= 0.6 is 0 Å². The minimum Gasteiger partial charge on any atom is -0.493 e. The number of carbonyl (C=O) groups excluding carboxylic acids is 1. The van der Waals surface area contributed by atoms with Crippen LogP contribution in [0.1, 0.15) is 56.6 Å². The summed E-state index contributed by atoms with van der Waals surface area (Å²) >= 11 is 0. The predicted molar refractivity (Wildman–Crippen MR) is 92.3 cm³/mol. The highest BCUT2D eigenvalue weighted by Gasteiger charge is 2.13. The van der Waals surface area contributed by atoms with Gasteiger partial charge in [-0.25, -0.2) is 0 Å². The molecule has 2 rings (SSSR count). The molecule has 1 aromatic carbocycles. The number of benzene rings is 1. The van der Waals surface area contributed by atoms with Crippen LogP contribution in [0.2, 0.25) is 0 Å². The van der Waals surface area contributed by atoms with Crippen LogP contribution in [0, 0.1) is 13.8 Å². The Hall–Kier alpha value is -2.17. The van der Waals surface area contributed by atoms with Crippen molar-refractivity contribution in [2.75, 3.05) is 0 Å². The minimum atomic E-state index is -0.236. The summed E-state index contributed by atoms with van der Waals surface area (Å²) in [6.07, 6.45) is 5.85. The van der Waals surface area contributed by atoms with E-state index in [1.807, 2.05) is 26.0 Å². The molecule has 0 saturated heterocycles. The summed E-state index contributed by atoms with van der Waals surface area (Å²) in [6, 6.07) is 3.96. The van der Waals surface area contributed by atoms with Crippen LogP contribution in [0.5, 0.6) is 5.88 Å². The van der Waals surface area contributed by atoms with E-state index in [1.54, 1.807) is 0 Å². The van der Waals surface area contributed by atoms with Gasteiger partial charge >= 0.3 is 0 Å². The molecule has 1 amide bonds. The van der Waals surface area contributed by atoms with Gasteiger partial charge in [-0.3, -0.25) is 4.79 Å². The Bertz CT molecular complexity index is 717. The lowest BCUT2D eigenvalue weighted by atomic mass is 10.1. The van der Waals surface area contributed by atoms with Crippen LogP contribution in [-0.2, 0) is 4.79 Å². The quantitative estimate of drug-likeness (QED) is 0.525. The largest absolute Gasteiger partial charge is 0.493 e. The van der Waals surface area contributed by atoms with Crippen molar-refractivity contribution in [2.24, 2.45) is 10.2 Å². The molecule has 0 bridgehead atoms. The second kappa shape index (κ2) is 7.90. The molecule has 5 heteroatoms. The number of aryl methyl sites for hydroxylation is 2. The number of hydrogen-bond acceptors (Lipinski definition) is 3. The third-order valence-corrected chi connectivity index (χ3v) is 3.96. The molecule has 124 valence electrons. The van der Waals surface area contributed by atoms with Crippen molar-refractivity contribution in [1.82, 2.24) is 4.98 Å². The van der Waals surface area contributed by atoms with Gasteiger partial charge in [-0.2, -0.15) is 0 Å². The fourth-order valence-electron chi connectivity index (χ4n) is 2.76. The summed E-state index contributed by atoms with van der Waals surface area (Å²) in [5, 5.41) is 18.6. The number of carbonyl (C=O) groups is 1. The predicted octanol–water partition coefficient (Wildman–Crippen LogP) is 5.46. The summed E-state index contributed by atoms with van der Waals surface area (Å²) in [5.41, 5.74) is 3.27. The zero-order valence-corrected chi connectivity index (χ0v) is 14.1. The molecule has 1 aromatic heterocycles. The average molecular weight is 315 g/mol. The molecule has 0 aliphatic carbocycles. The first-order valence-electron chi connectivity index (χ1n) is 8.29. The lowest BCUT2D eigenvalue weighted by Crippen LogP contribution is -1.91. The standard InChI is InChI=1S/C18H25N3O2/c1-4-5-6-7-8-9-15(22)20-21-17-14-11-12(2)10-13(3)16(14)19-18(17)23/h10-11,19,23H,4-9H2,1-3H3. The number of azo groups is 1. The van der Waals surface area contributed by atoms with Crippen molar-refractivity contribution in [2.45, 2.75) is 59.3 Å². The molecule has 2 aromatic rings. The van der Waals surface area contributed by atoms with Crippen LogP contribution in [0.3, 0.4) is 0 Å². The highest BCUT2D eigenvalue weighted by molar-refractivity contribution is 5.96. The van der Waals surface area contributed by atoms with Gasteiger partial charge in [-0.05, 0) is 31.9 Å². The molecule has 1 heterocycles. The molecule has 0 fully saturated rings. The van der Waals surface area contributed by atoms with Gasteiger partial charge < -0.3 is 10.1 Å². The van der Waals surface area contributed by atoms with Crippen LogP contribution in [0.25, 0.3) is 10.9 Å². The Balaban J connectivity index is 2.06. The van der Waals surface area contributed by atoms with E-state index in [1.165, 1.54) is 12.8 Å².